The van der Waals surface area contributed by atoms with Crippen LogP contribution in [0, 0.1) is 13.8 Å². The highest BCUT2D eigenvalue weighted by Crippen LogP contribution is 2.49. The Morgan fingerprint density at radius 3 is 2.35 bits per heavy atom. The van der Waals surface area contributed by atoms with Gasteiger partial charge in [0.2, 0.25) is 0 Å². The molecule has 4 nitrogen and oxygen atoms in total. The molecule has 1 saturated heterocycles. The van der Waals surface area contributed by atoms with Crippen LogP contribution >= 0.6 is 11.6 Å². The molecule has 2 fully saturated rings. The highest BCUT2D eigenvalue weighted by atomic mass is 35.5. The molecule has 2 heterocycles. The Hall–Kier alpha value is -2.30. The Bertz CT molecular complexity index is 1070. The van der Waals surface area contributed by atoms with Gasteiger partial charge in [0.25, 0.3) is 5.91 Å². The molecule has 1 saturated carbocycles. The zero-order valence-corrected chi connectivity index (χ0v) is 18.8. The Kier molecular flexibility index (Phi) is 4.91. The molecule has 1 aliphatic carbocycles. The number of aliphatic hydroxyl groups is 1. The number of carbonyl (C=O) groups is 1. The van der Waals surface area contributed by atoms with Gasteiger partial charge in [0.05, 0.1) is 16.7 Å². The maximum absolute atomic E-state index is 13.2. The third kappa shape index (κ3) is 3.28. The standard InChI is InChI=1S/C26H28ClNO3/c1-16-4-9-20(18-5-7-19(27)8-6-18)17(2)21(16)22-23(29)26(28-24(22)30)13-11-25(12-14-26)10-3-15-31-25/h4-9,29H,3,10-15H2,1-2H3,(H,28,30). The second-order valence-electron chi connectivity index (χ2n) is 9.33. The van der Waals surface area contributed by atoms with Crippen molar-refractivity contribution in [3.05, 3.63) is 63.9 Å². The van der Waals surface area contributed by atoms with E-state index in [1.54, 1.807) is 0 Å². The number of amides is 1. The van der Waals surface area contributed by atoms with Gasteiger partial charge in [-0.15, -0.1) is 0 Å². The minimum Gasteiger partial charge on any atom is -0.509 e. The van der Waals surface area contributed by atoms with Gasteiger partial charge < -0.3 is 15.2 Å². The van der Waals surface area contributed by atoms with Crippen LogP contribution in [0.25, 0.3) is 16.7 Å². The highest BCUT2D eigenvalue weighted by Gasteiger charge is 2.52. The summed E-state index contributed by atoms with van der Waals surface area (Å²) in [6.45, 7) is 4.84. The van der Waals surface area contributed by atoms with Gasteiger partial charge in [0.15, 0.2) is 0 Å². The summed E-state index contributed by atoms with van der Waals surface area (Å²) in [4.78, 5) is 13.2. The van der Waals surface area contributed by atoms with E-state index >= 15 is 0 Å². The van der Waals surface area contributed by atoms with E-state index in [9.17, 15) is 9.90 Å². The molecule has 162 valence electrons. The lowest BCUT2D eigenvalue weighted by Crippen LogP contribution is -2.51. The summed E-state index contributed by atoms with van der Waals surface area (Å²) in [5.74, 6) is 0.0186. The predicted molar refractivity (Wildman–Crippen MR) is 123 cm³/mol. The number of carbonyl (C=O) groups excluding carboxylic acids is 1. The molecule has 5 heteroatoms. The smallest absolute Gasteiger partial charge is 0.256 e. The fourth-order valence-electron chi connectivity index (χ4n) is 5.74. The number of aryl methyl sites for hydroxylation is 1. The maximum Gasteiger partial charge on any atom is 0.256 e. The van der Waals surface area contributed by atoms with Crippen LogP contribution in [0.15, 0.2) is 42.2 Å². The minimum absolute atomic E-state index is 0.0562. The lowest BCUT2D eigenvalue weighted by atomic mass is 9.72. The predicted octanol–water partition coefficient (Wildman–Crippen LogP) is 5.88. The monoisotopic (exact) mass is 437 g/mol. The number of halogens is 1. The van der Waals surface area contributed by atoms with Gasteiger partial charge in [0.1, 0.15) is 5.76 Å². The third-order valence-electron chi connectivity index (χ3n) is 7.55. The van der Waals surface area contributed by atoms with E-state index in [1.165, 1.54) is 0 Å². The molecule has 2 spiro atoms. The van der Waals surface area contributed by atoms with Crippen molar-refractivity contribution in [2.75, 3.05) is 6.61 Å². The average Bonchev–Trinajstić information content (AvgIpc) is 3.30. The van der Waals surface area contributed by atoms with Gasteiger partial charge in [-0.05, 0) is 92.3 Å². The first kappa shape index (κ1) is 20.6. The number of ether oxygens (including phenoxy) is 1. The van der Waals surface area contributed by atoms with Crippen molar-refractivity contribution in [3.63, 3.8) is 0 Å². The molecule has 2 aliphatic heterocycles. The fraction of sp³-hybridized carbons (Fsp3) is 0.423. The highest BCUT2D eigenvalue weighted by molar-refractivity contribution is 6.30. The lowest BCUT2D eigenvalue weighted by molar-refractivity contribution is -0.117. The largest absolute Gasteiger partial charge is 0.509 e. The molecule has 0 bridgehead atoms. The summed E-state index contributed by atoms with van der Waals surface area (Å²) in [6.07, 6.45) is 5.34. The summed E-state index contributed by atoms with van der Waals surface area (Å²) in [5, 5.41) is 15.3. The van der Waals surface area contributed by atoms with Crippen LogP contribution in [0.1, 0.15) is 55.2 Å². The van der Waals surface area contributed by atoms with Gasteiger partial charge in [-0.2, -0.15) is 0 Å². The molecule has 3 aliphatic rings. The van der Waals surface area contributed by atoms with Gasteiger partial charge >= 0.3 is 0 Å². The van der Waals surface area contributed by atoms with Crippen molar-refractivity contribution in [3.8, 4) is 11.1 Å². The maximum atomic E-state index is 13.2. The number of hydrogen-bond acceptors (Lipinski definition) is 3. The molecule has 2 N–H and O–H groups in total. The number of hydrogen-bond donors (Lipinski definition) is 2. The average molecular weight is 438 g/mol. The van der Waals surface area contributed by atoms with Crippen molar-refractivity contribution in [2.24, 2.45) is 0 Å². The van der Waals surface area contributed by atoms with Crippen LogP contribution in [-0.4, -0.2) is 28.8 Å². The van der Waals surface area contributed by atoms with Crippen molar-refractivity contribution < 1.29 is 14.6 Å². The Balaban J connectivity index is 1.55. The van der Waals surface area contributed by atoms with E-state index in [4.69, 9.17) is 16.3 Å². The quantitative estimate of drug-likeness (QED) is 0.616. The molecule has 2 aromatic carbocycles. The SMILES string of the molecule is Cc1ccc(-c2ccc(Cl)cc2)c(C)c1C1=C(O)C2(CCC3(CCCO3)CC2)NC1=O. The molecule has 31 heavy (non-hydrogen) atoms. The lowest BCUT2D eigenvalue weighted by Gasteiger charge is -2.42. The number of nitrogens with one attached hydrogen (secondary N) is 1. The molecule has 5 rings (SSSR count). The molecule has 0 unspecified atom stereocenters. The van der Waals surface area contributed by atoms with Crippen LogP contribution in [0.4, 0.5) is 0 Å². The topological polar surface area (TPSA) is 58.6 Å². The second kappa shape index (κ2) is 7.39. The van der Waals surface area contributed by atoms with Crippen LogP contribution in [0.2, 0.25) is 5.02 Å². The van der Waals surface area contributed by atoms with E-state index in [1.807, 2.05) is 44.2 Å². The van der Waals surface area contributed by atoms with E-state index in [0.29, 0.717) is 23.4 Å². The second-order valence-corrected chi connectivity index (χ2v) is 9.77. The van der Waals surface area contributed by atoms with Gasteiger partial charge in [-0.1, -0.05) is 35.9 Å². The summed E-state index contributed by atoms with van der Waals surface area (Å²) in [6, 6.07) is 11.8. The minimum atomic E-state index is -0.668. The number of benzene rings is 2. The summed E-state index contributed by atoms with van der Waals surface area (Å²) in [7, 11) is 0. The van der Waals surface area contributed by atoms with Crippen LogP contribution in [0.3, 0.4) is 0 Å². The van der Waals surface area contributed by atoms with Crippen molar-refractivity contribution in [1.29, 1.82) is 0 Å². The van der Waals surface area contributed by atoms with Gasteiger partial charge in [-0.25, -0.2) is 0 Å². The van der Waals surface area contributed by atoms with Crippen molar-refractivity contribution in [1.82, 2.24) is 5.32 Å². The molecular weight excluding hydrogens is 410 g/mol. The zero-order chi connectivity index (χ0) is 21.8. The van der Waals surface area contributed by atoms with Gasteiger partial charge in [0, 0.05) is 11.6 Å². The Morgan fingerprint density at radius 2 is 1.71 bits per heavy atom. The first-order valence-corrected chi connectivity index (χ1v) is 11.5. The molecule has 0 radical (unpaired) electrons. The van der Waals surface area contributed by atoms with Crippen molar-refractivity contribution >= 4 is 23.1 Å². The van der Waals surface area contributed by atoms with Gasteiger partial charge in [-0.3, -0.25) is 4.79 Å². The van der Waals surface area contributed by atoms with Crippen LogP contribution < -0.4 is 5.32 Å². The molecule has 0 atom stereocenters. The van der Waals surface area contributed by atoms with Crippen molar-refractivity contribution in [2.45, 2.75) is 63.5 Å². The molecule has 1 amide bonds. The molecular formula is C26H28ClNO3. The summed E-state index contributed by atoms with van der Waals surface area (Å²) < 4.78 is 6.05. The van der Waals surface area contributed by atoms with E-state index < -0.39 is 5.54 Å². The number of rotatable bonds is 2. The first-order valence-electron chi connectivity index (χ1n) is 11.1. The van der Waals surface area contributed by atoms with E-state index in [2.05, 4.69) is 11.4 Å². The first-order chi connectivity index (χ1) is 14.8. The molecule has 2 aromatic rings. The Labute approximate surface area is 188 Å². The number of aliphatic hydroxyl groups excluding tert-OH is 1. The Morgan fingerprint density at radius 1 is 1.00 bits per heavy atom. The summed E-state index contributed by atoms with van der Waals surface area (Å²) >= 11 is 6.06. The fourth-order valence-corrected chi connectivity index (χ4v) is 5.86. The zero-order valence-electron chi connectivity index (χ0n) is 18.1. The van der Waals surface area contributed by atoms with E-state index in [0.717, 1.165) is 60.1 Å². The third-order valence-corrected chi connectivity index (χ3v) is 7.80. The van der Waals surface area contributed by atoms with Crippen LogP contribution in [-0.2, 0) is 9.53 Å². The summed E-state index contributed by atoms with van der Waals surface area (Å²) in [5.41, 5.74) is 4.57. The van der Waals surface area contributed by atoms with E-state index in [-0.39, 0.29) is 17.3 Å². The normalized spacial score (nSPS) is 28.0. The molecule has 0 aromatic heterocycles. The van der Waals surface area contributed by atoms with Crippen LogP contribution in [0.5, 0.6) is 0 Å².